The number of alkyl halides is 2. The molecule has 6 nitrogen and oxygen atoms in total. The van der Waals surface area contributed by atoms with Gasteiger partial charge in [-0.2, -0.15) is 0 Å². The summed E-state index contributed by atoms with van der Waals surface area (Å²) in [5.74, 6) is -0.738. The Kier molecular flexibility index (Phi) is 5.28. The molecule has 9 heteroatoms. The third-order valence-corrected chi connectivity index (χ3v) is 3.04. The molecule has 0 unspecified atom stereocenters. The molecule has 0 amide bonds. The summed E-state index contributed by atoms with van der Waals surface area (Å²) in [5, 5.41) is 10.8. The number of halogens is 3. The number of hydrogen-bond acceptors (Lipinski definition) is 5. The van der Waals surface area contributed by atoms with Crippen molar-refractivity contribution < 1.29 is 23.2 Å². The number of esters is 1. The normalized spacial score (nSPS) is 10.6. The summed E-state index contributed by atoms with van der Waals surface area (Å²) >= 11 is 2.83. The summed E-state index contributed by atoms with van der Waals surface area (Å²) in [6.45, 7) is 1.66. The maximum atomic E-state index is 12.6. The summed E-state index contributed by atoms with van der Waals surface area (Å²) in [7, 11) is 0. The number of carbonyl (C=O) groups excluding carboxylic acids is 1. The van der Waals surface area contributed by atoms with E-state index in [0.29, 0.717) is 6.20 Å². The van der Waals surface area contributed by atoms with E-state index in [1.165, 1.54) is 0 Å². The molecule has 0 saturated heterocycles. The molecule has 0 bridgehead atoms. The van der Waals surface area contributed by atoms with Crippen molar-refractivity contribution in [2.75, 3.05) is 6.61 Å². The van der Waals surface area contributed by atoms with E-state index in [2.05, 4.69) is 25.7 Å². The monoisotopic (exact) mass is 338 g/mol. The van der Waals surface area contributed by atoms with Crippen LogP contribution in [0.4, 0.5) is 14.5 Å². The molecule has 1 rings (SSSR count). The van der Waals surface area contributed by atoms with Crippen molar-refractivity contribution in [1.29, 1.82) is 0 Å². The van der Waals surface area contributed by atoms with Crippen LogP contribution in [0.2, 0.25) is 0 Å². The van der Waals surface area contributed by atoms with Crippen molar-refractivity contribution in [3.8, 4) is 0 Å². The maximum Gasteiger partial charge on any atom is 0.310 e. The van der Waals surface area contributed by atoms with Gasteiger partial charge in [0.05, 0.1) is 28.0 Å². The van der Waals surface area contributed by atoms with E-state index in [4.69, 9.17) is 0 Å². The van der Waals surface area contributed by atoms with Crippen LogP contribution in [0.25, 0.3) is 0 Å². The van der Waals surface area contributed by atoms with Gasteiger partial charge >= 0.3 is 5.97 Å². The Morgan fingerprint density at radius 1 is 1.63 bits per heavy atom. The second kappa shape index (κ2) is 6.50. The smallest absolute Gasteiger partial charge is 0.310 e. The van der Waals surface area contributed by atoms with Gasteiger partial charge < -0.3 is 4.74 Å². The van der Waals surface area contributed by atoms with E-state index >= 15 is 0 Å². The lowest BCUT2D eigenvalue weighted by molar-refractivity contribution is -0.386. The Morgan fingerprint density at radius 3 is 2.74 bits per heavy atom. The van der Waals surface area contributed by atoms with E-state index in [-0.39, 0.29) is 16.6 Å². The molecular formula is C10H9BrF2N2O4. The standard InChI is InChI=1S/C10H9BrF2N2O4/c1-2-19-7(16)3-5-6(15(17)18)4-14-9(8(5)11)10(12)13/h4,10H,2-3H2,1H3. The van der Waals surface area contributed by atoms with E-state index in [1.807, 2.05) is 0 Å². The Balaban J connectivity index is 3.26. The van der Waals surface area contributed by atoms with E-state index in [1.54, 1.807) is 6.92 Å². The zero-order valence-corrected chi connectivity index (χ0v) is 11.3. The number of pyridine rings is 1. The van der Waals surface area contributed by atoms with Gasteiger partial charge in [0.25, 0.3) is 12.1 Å². The van der Waals surface area contributed by atoms with E-state index in [9.17, 15) is 23.7 Å². The van der Waals surface area contributed by atoms with Crippen LogP contribution in [0.5, 0.6) is 0 Å². The van der Waals surface area contributed by atoms with Crippen molar-refractivity contribution in [3.63, 3.8) is 0 Å². The van der Waals surface area contributed by atoms with Crippen molar-refractivity contribution >= 4 is 27.6 Å². The highest BCUT2D eigenvalue weighted by molar-refractivity contribution is 9.10. The summed E-state index contributed by atoms with van der Waals surface area (Å²) in [6, 6.07) is 0. The molecular weight excluding hydrogens is 330 g/mol. The Bertz CT molecular complexity index is 511. The first-order chi connectivity index (χ1) is 8.88. The number of nitrogens with zero attached hydrogens (tertiary/aromatic N) is 2. The number of hydrogen-bond donors (Lipinski definition) is 0. The molecule has 0 radical (unpaired) electrons. The molecule has 0 aliphatic heterocycles. The minimum atomic E-state index is -2.91. The Hall–Kier alpha value is -1.64. The average Bonchev–Trinajstić information content (AvgIpc) is 2.31. The van der Waals surface area contributed by atoms with Crippen LogP contribution < -0.4 is 0 Å². The van der Waals surface area contributed by atoms with Crippen molar-refractivity contribution in [2.24, 2.45) is 0 Å². The van der Waals surface area contributed by atoms with Crippen LogP contribution in [0, 0.1) is 10.1 Å². The SMILES string of the molecule is CCOC(=O)Cc1c([N+](=O)[O-])cnc(C(F)F)c1Br. The summed E-state index contributed by atoms with van der Waals surface area (Å²) in [5.41, 5.74) is -1.33. The average molecular weight is 339 g/mol. The molecule has 0 N–H and O–H groups in total. The van der Waals surface area contributed by atoms with Crippen LogP contribution in [-0.2, 0) is 16.0 Å². The van der Waals surface area contributed by atoms with Gasteiger partial charge in [-0.3, -0.25) is 14.9 Å². The van der Waals surface area contributed by atoms with Crippen LogP contribution >= 0.6 is 15.9 Å². The van der Waals surface area contributed by atoms with Gasteiger partial charge in [-0.25, -0.2) is 13.8 Å². The van der Waals surface area contributed by atoms with Crippen LogP contribution in [-0.4, -0.2) is 22.5 Å². The van der Waals surface area contributed by atoms with Gasteiger partial charge in [-0.05, 0) is 22.9 Å². The number of nitro groups is 1. The zero-order chi connectivity index (χ0) is 14.6. The van der Waals surface area contributed by atoms with Gasteiger partial charge in [0.2, 0.25) is 0 Å². The molecule has 1 aromatic rings. The quantitative estimate of drug-likeness (QED) is 0.468. The first-order valence-corrected chi connectivity index (χ1v) is 5.93. The molecule has 0 saturated carbocycles. The lowest BCUT2D eigenvalue weighted by Gasteiger charge is -2.09. The number of ether oxygens (including phenoxy) is 1. The van der Waals surface area contributed by atoms with Crippen molar-refractivity contribution in [1.82, 2.24) is 4.98 Å². The fourth-order valence-electron chi connectivity index (χ4n) is 1.37. The Labute approximate surface area is 115 Å². The second-order valence-corrected chi connectivity index (χ2v) is 4.15. The summed E-state index contributed by atoms with van der Waals surface area (Å²) in [4.78, 5) is 24.7. The maximum absolute atomic E-state index is 12.6. The minimum absolute atomic E-state index is 0.0943. The third kappa shape index (κ3) is 3.66. The predicted octanol–water partition coefficient (Wildman–Crippen LogP) is 2.80. The molecule has 0 aromatic carbocycles. The first-order valence-electron chi connectivity index (χ1n) is 5.13. The van der Waals surface area contributed by atoms with Crippen molar-refractivity contribution in [2.45, 2.75) is 19.8 Å². The van der Waals surface area contributed by atoms with Gasteiger partial charge in [0.15, 0.2) is 0 Å². The van der Waals surface area contributed by atoms with Crippen LogP contribution in [0.1, 0.15) is 24.6 Å². The highest BCUT2D eigenvalue weighted by Gasteiger charge is 2.26. The van der Waals surface area contributed by atoms with E-state index < -0.39 is 35.1 Å². The lowest BCUT2D eigenvalue weighted by Crippen LogP contribution is -2.11. The molecule has 19 heavy (non-hydrogen) atoms. The van der Waals surface area contributed by atoms with Crippen LogP contribution in [0.3, 0.4) is 0 Å². The molecule has 0 aliphatic rings. The Morgan fingerprint density at radius 2 is 2.26 bits per heavy atom. The molecule has 0 aliphatic carbocycles. The third-order valence-electron chi connectivity index (χ3n) is 2.15. The lowest BCUT2D eigenvalue weighted by atomic mass is 10.1. The van der Waals surface area contributed by atoms with Gasteiger partial charge in [-0.1, -0.05) is 0 Å². The topological polar surface area (TPSA) is 82.3 Å². The molecule has 1 heterocycles. The molecule has 0 spiro atoms. The summed E-state index contributed by atoms with van der Waals surface area (Å²) < 4.78 is 29.7. The fourth-order valence-corrected chi connectivity index (χ4v) is 1.99. The van der Waals surface area contributed by atoms with Crippen LogP contribution in [0.15, 0.2) is 10.7 Å². The first kappa shape index (κ1) is 15.4. The molecule has 104 valence electrons. The number of aromatic nitrogens is 1. The second-order valence-electron chi connectivity index (χ2n) is 3.36. The van der Waals surface area contributed by atoms with Crippen molar-refractivity contribution in [3.05, 3.63) is 32.0 Å². The highest BCUT2D eigenvalue weighted by Crippen LogP contribution is 2.33. The molecule has 0 fully saturated rings. The molecule has 0 atom stereocenters. The zero-order valence-electron chi connectivity index (χ0n) is 9.73. The van der Waals surface area contributed by atoms with Gasteiger partial charge in [0.1, 0.15) is 11.9 Å². The number of carbonyl (C=O) groups is 1. The van der Waals surface area contributed by atoms with E-state index in [0.717, 1.165) is 0 Å². The highest BCUT2D eigenvalue weighted by atomic mass is 79.9. The molecule has 1 aromatic heterocycles. The fraction of sp³-hybridized carbons (Fsp3) is 0.400. The largest absolute Gasteiger partial charge is 0.466 e. The summed E-state index contributed by atoms with van der Waals surface area (Å²) in [6.07, 6.45) is -2.68. The number of rotatable bonds is 5. The minimum Gasteiger partial charge on any atom is -0.466 e. The van der Waals surface area contributed by atoms with Gasteiger partial charge in [0, 0.05) is 0 Å². The van der Waals surface area contributed by atoms with Gasteiger partial charge in [-0.15, -0.1) is 0 Å². The predicted molar refractivity (Wildman–Crippen MR) is 63.9 cm³/mol.